The number of ether oxygens (including phenoxy) is 1. The van der Waals surface area contributed by atoms with Crippen molar-refractivity contribution in [2.45, 2.75) is 13.5 Å². The van der Waals surface area contributed by atoms with Gasteiger partial charge in [0, 0.05) is 0 Å². The summed E-state index contributed by atoms with van der Waals surface area (Å²) in [4.78, 5) is 0. The fourth-order valence-corrected chi connectivity index (χ4v) is 2.16. The Morgan fingerprint density at radius 3 is 2.82 bits per heavy atom. The van der Waals surface area contributed by atoms with Gasteiger partial charge in [-0.05, 0) is 0 Å². The number of hydrogen-bond acceptors (Lipinski definition) is 1. The molecule has 1 aromatic carbocycles. The molecule has 0 radical (unpaired) electrons. The van der Waals surface area contributed by atoms with Crippen molar-refractivity contribution in [1.82, 2.24) is 0 Å². The van der Waals surface area contributed by atoms with Gasteiger partial charge in [-0.1, -0.05) is 0 Å². The zero-order valence-corrected chi connectivity index (χ0v) is 11.4. The quantitative estimate of drug-likeness (QED) is 0.705. The molecule has 0 aliphatic carbocycles. The zero-order chi connectivity index (χ0) is 8.27. The van der Waals surface area contributed by atoms with E-state index in [9.17, 15) is 0 Å². The zero-order valence-electron chi connectivity index (χ0n) is 6.92. The van der Waals surface area contributed by atoms with Gasteiger partial charge < -0.3 is 0 Å². The average molecular weight is 346 g/mol. The molecule has 0 saturated carbocycles. The van der Waals surface area contributed by atoms with E-state index in [4.69, 9.17) is 4.74 Å². The fraction of sp³-hybridized carbons (Fsp3) is 0.333. The van der Waals surface area contributed by atoms with Gasteiger partial charge in [-0.2, -0.15) is 0 Å². The SMILES string of the molecule is COCc1c[c]([BiH2])ccc1C. The minimum atomic E-state index is 0.742. The second kappa shape index (κ2) is 4.18. The standard InChI is InChI=1S/C9H11O.Bi.2H/c1-8-5-3-4-6-9(8)7-10-2;;;/h3,5-6H,7H2,1-2H3;;;. The van der Waals surface area contributed by atoms with Crippen molar-refractivity contribution in [2.75, 3.05) is 7.11 Å². The third kappa shape index (κ3) is 2.54. The first-order valence-corrected chi connectivity index (χ1v) is 5.82. The summed E-state index contributed by atoms with van der Waals surface area (Å²) in [5.74, 6) is 0. The van der Waals surface area contributed by atoms with Gasteiger partial charge in [-0.25, -0.2) is 0 Å². The third-order valence-corrected chi connectivity index (χ3v) is 3.07. The molecule has 0 aromatic heterocycles. The van der Waals surface area contributed by atoms with Crippen LogP contribution in [-0.2, 0) is 11.3 Å². The first kappa shape index (κ1) is 9.15. The fourth-order valence-electron chi connectivity index (χ4n) is 1.00. The number of rotatable bonds is 2. The van der Waals surface area contributed by atoms with Gasteiger partial charge in [-0.3, -0.25) is 0 Å². The summed E-state index contributed by atoms with van der Waals surface area (Å²) in [6.07, 6.45) is 0. The molecule has 2 heteroatoms. The van der Waals surface area contributed by atoms with Gasteiger partial charge in [0.05, 0.1) is 0 Å². The van der Waals surface area contributed by atoms with Crippen molar-refractivity contribution in [3.05, 3.63) is 29.3 Å². The Bertz CT molecular complexity index is 245. The van der Waals surface area contributed by atoms with Crippen LogP contribution in [0, 0.1) is 6.92 Å². The molecule has 0 fully saturated rings. The Morgan fingerprint density at radius 1 is 1.45 bits per heavy atom. The van der Waals surface area contributed by atoms with Crippen molar-refractivity contribution in [2.24, 2.45) is 0 Å². The van der Waals surface area contributed by atoms with Crippen LogP contribution < -0.4 is 3.27 Å². The minimum absolute atomic E-state index is 0.742. The molecule has 60 valence electrons. The molecular weight excluding hydrogens is 333 g/mol. The maximum absolute atomic E-state index is 5.08. The van der Waals surface area contributed by atoms with Crippen LogP contribution in [0.15, 0.2) is 18.2 Å². The number of benzene rings is 1. The van der Waals surface area contributed by atoms with Crippen molar-refractivity contribution in [3.63, 3.8) is 0 Å². The summed E-state index contributed by atoms with van der Waals surface area (Å²) in [6, 6.07) is 6.60. The normalized spacial score (nSPS) is 10.1. The number of methoxy groups -OCH3 is 1. The molecule has 0 N–H and O–H groups in total. The number of aryl methyl sites for hydroxylation is 1. The molecule has 0 saturated heterocycles. The van der Waals surface area contributed by atoms with Crippen LogP contribution in [0.4, 0.5) is 0 Å². The summed E-state index contributed by atoms with van der Waals surface area (Å²) in [6.45, 7) is 2.87. The maximum atomic E-state index is 5.08. The molecular formula is C9H13BiO. The van der Waals surface area contributed by atoms with E-state index in [0.29, 0.717) is 0 Å². The molecule has 11 heavy (non-hydrogen) atoms. The average Bonchev–Trinajstić information content (AvgIpc) is 1.98. The van der Waals surface area contributed by atoms with Crippen LogP contribution in [0.2, 0.25) is 0 Å². The first-order valence-electron chi connectivity index (χ1n) is 3.58. The molecule has 0 aliphatic rings. The first-order chi connectivity index (χ1) is 5.24. The van der Waals surface area contributed by atoms with E-state index in [2.05, 4.69) is 25.1 Å². The topological polar surface area (TPSA) is 9.23 Å². The Balaban J connectivity index is 2.93. The van der Waals surface area contributed by atoms with Crippen LogP contribution in [0.1, 0.15) is 11.1 Å². The summed E-state index contributed by atoms with van der Waals surface area (Å²) < 4.78 is 6.54. The molecule has 0 aliphatic heterocycles. The van der Waals surface area contributed by atoms with Gasteiger partial charge in [-0.15, -0.1) is 0 Å². The second-order valence-electron chi connectivity index (χ2n) is 2.62. The van der Waals surface area contributed by atoms with Crippen molar-refractivity contribution >= 4 is 28.0 Å². The third-order valence-electron chi connectivity index (χ3n) is 1.67. The van der Waals surface area contributed by atoms with E-state index in [1.165, 1.54) is 14.4 Å². The van der Waals surface area contributed by atoms with Crippen LogP contribution in [-0.4, -0.2) is 31.8 Å². The van der Waals surface area contributed by atoms with Crippen molar-refractivity contribution < 1.29 is 4.74 Å². The predicted molar refractivity (Wildman–Crippen MR) is 50.1 cm³/mol. The summed E-state index contributed by atoms with van der Waals surface area (Å²) in [7, 11) is 1.74. The van der Waals surface area contributed by atoms with E-state index in [0.717, 1.165) is 31.3 Å². The Kier molecular flexibility index (Phi) is 3.48. The molecule has 1 rings (SSSR count). The van der Waals surface area contributed by atoms with E-state index < -0.39 is 0 Å². The molecule has 0 spiro atoms. The Morgan fingerprint density at radius 2 is 2.18 bits per heavy atom. The van der Waals surface area contributed by atoms with Crippen molar-refractivity contribution in [1.29, 1.82) is 0 Å². The molecule has 0 amide bonds. The molecule has 1 nitrogen and oxygen atoms in total. The second-order valence-corrected chi connectivity index (χ2v) is 5.21. The van der Waals surface area contributed by atoms with Crippen LogP contribution >= 0.6 is 0 Å². The monoisotopic (exact) mass is 346 g/mol. The van der Waals surface area contributed by atoms with Crippen molar-refractivity contribution in [3.8, 4) is 0 Å². The van der Waals surface area contributed by atoms with Gasteiger partial charge in [0.15, 0.2) is 0 Å². The summed E-state index contributed by atoms with van der Waals surface area (Å²) in [5.41, 5.74) is 2.66. The molecule has 0 heterocycles. The molecule has 0 atom stereocenters. The van der Waals surface area contributed by atoms with E-state index >= 15 is 0 Å². The van der Waals surface area contributed by atoms with Crippen LogP contribution in [0.3, 0.4) is 0 Å². The van der Waals surface area contributed by atoms with Crippen LogP contribution in [0.5, 0.6) is 0 Å². The molecule has 1 aromatic rings. The van der Waals surface area contributed by atoms with Gasteiger partial charge in [0.1, 0.15) is 0 Å². The van der Waals surface area contributed by atoms with Gasteiger partial charge >= 0.3 is 82.7 Å². The summed E-state index contributed by atoms with van der Waals surface area (Å²) >= 11 is 0.927. The Hall–Kier alpha value is 0.0631. The van der Waals surface area contributed by atoms with E-state index in [1.54, 1.807) is 7.11 Å². The summed E-state index contributed by atoms with van der Waals surface area (Å²) in [5, 5.41) is 0. The molecule has 0 bridgehead atoms. The van der Waals surface area contributed by atoms with Gasteiger partial charge in [0.2, 0.25) is 0 Å². The van der Waals surface area contributed by atoms with E-state index in [-0.39, 0.29) is 0 Å². The van der Waals surface area contributed by atoms with Crippen LogP contribution in [0.25, 0.3) is 0 Å². The van der Waals surface area contributed by atoms with Gasteiger partial charge in [0.25, 0.3) is 0 Å². The Labute approximate surface area is 82.6 Å². The number of hydrogen-bond donors (Lipinski definition) is 0. The van der Waals surface area contributed by atoms with E-state index in [1.807, 2.05) is 0 Å². The predicted octanol–water partition coefficient (Wildman–Crippen LogP) is 0.400. The molecule has 0 unspecified atom stereocenters.